The quantitative estimate of drug-likeness (QED) is 0.787. The van der Waals surface area contributed by atoms with E-state index in [1.54, 1.807) is 0 Å². The minimum absolute atomic E-state index is 0.0719. The van der Waals surface area contributed by atoms with Crippen LogP contribution in [0.15, 0.2) is 10.7 Å². The molecule has 8 heteroatoms. The monoisotopic (exact) mass is 296 g/mol. The zero-order valence-corrected chi connectivity index (χ0v) is 9.39. The van der Waals surface area contributed by atoms with Crippen molar-refractivity contribution < 1.29 is 22.6 Å². The van der Waals surface area contributed by atoms with Crippen molar-refractivity contribution in [1.82, 2.24) is 4.98 Å². The largest absolute Gasteiger partial charge is 0.573 e. The van der Waals surface area contributed by atoms with Crippen LogP contribution in [0.3, 0.4) is 0 Å². The molecule has 0 saturated heterocycles. The third kappa shape index (κ3) is 3.00. The van der Waals surface area contributed by atoms with Crippen LogP contribution in [0.2, 0.25) is 0 Å². The van der Waals surface area contributed by atoms with Gasteiger partial charge in [0.15, 0.2) is 11.3 Å². The Kier molecular flexibility index (Phi) is 3.59. The van der Waals surface area contributed by atoms with Crippen LogP contribution in [-0.4, -0.2) is 18.5 Å². The van der Waals surface area contributed by atoms with Gasteiger partial charge in [-0.1, -0.05) is 0 Å². The van der Waals surface area contributed by atoms with E-state index in [2.05, 4.69) is 30.4 Å². The van der Waals surface area contributed by atoms with Crippen LogP contribution < -0.4 is 9.47 Å². The molecule has 0 saturated carbocycles. The fourth-order valence-corrected chi connectivity index (χ4v) is 1.30. The van der Waals surface area contributed by atoms with Gasteiger partial charge in [-0.2, -0.15) is 5.26 Å². The average molecular weight is 297 g/mol. The molecule has 0 N–H and O–H groups in total. The number of nitriles is 1. The fourth-order valence-electron chi connectivity index (χ4n) is 0.927. The topological polar surface area (TPSA) is 55.1 Å². The number of aromatic nitrogens is 1. The molecule has 4 nitrogen and oxygen atoms in total. The lowest BCUT2D eigenvalue weighted by Crippen LogP contribution is -2.18. The minimum atomic E-state index is -4.88. The zero-order chi connectivity index (χ0) is 12.3. The summed E-state index contributed by atoms with van der Waals surface area (Å²) >= 11 is 2.88. The number of methoxy groups -OCH3 is 1. The summed E-state index contributed by atoms with van der Waals surface area (Å²) in [5.41, 5.74) is -0.414. The van der Waals surface area contributed by atoms with Gasteiger partial charge >= 0.3 is 6.36 Å². The Labute approximate surface area is 96.7 Å². The maximum atomic E-state index is 12.0. The molecule has 0 radical (unpaired) electrons. The molecule has 0 aliphatic carbocycles. The van der Waals surface area contributed by atoms with E-state index in [1.807, 2.05) is 0 Å². The molecular formula is C8H4BrF3N2O2. The normalized spacial score (nSPS) is 10.8. The molecule has 0 unspecified atom stereocenters. The van der Waals surface area contributed by atoms with Crippen molar-refractivity contribution in [1.29, 1.82) is 5.26 Å². The molecule has 0 spiro atoms. The molecule has 0 aliphatic rings. The van der Waals surface area contributed by atoms with Gasteiger partial charge in [-0.3, -0.25) is 0 Å². The number of rotatable bonds is 2. The number of hydrogen-bond donors (Lipinski definition) is 0. The van der Waals surface area contributed by atoms with E-state index >= 15 is 0 Å². The molecule has 1 aromatic rings. The van der Waals surface area contributed by atoms with Crippen molar-refractivity contribution in [2.45, 2.75) is 6.36 Å². The standard InChI is InChI=1S/C8H4BrF3N2O2/c1-15-7-4(3-13)5(2-6(9)14-7)16-8(10,11)12/h2H,1H3. The van der Waals surface area contributed by atoms with Crippen molar-refractivity contribution in [2.24, 2.45) is 0 Å². The SMILES string of the molecule is COc1nc(Br)cc(OC(F)(F)F)c1C#N. The van der Waals surface area contributed by atoms with Crippen LogP contribution in [0.25, 0.3) is 0 Å². The molecule has 0 amide bonds. The molecule has 0 atom stereocenters. The highest BCUT2D eigenvalue weighted by molar-refractivity contribution is 9.10. The summed E-state index contributed by atoms with van der Waals surface area (Å²) in [6.07, 6.45) is -4.88. The smallest absolute Gasteiger partial charge is 0.480 e. The summed E-state index contributed by atoms with van der Waals surface area (Å²) in [7, 11) is 1.19. The highest BCUT2D eigenvalue weighted by atomic mass is 79.9. The third-order valence-corrected chi connectivity index (χ3v) is 1.86. The first-order valence-electron chi connectivity index (χ1n) is 3.77. The first kappa shape index (κ1) is 12.6. The van der Waals surface area contributed by atoms with Gasteiger partial charge in [0.25, 0.3) is 0 Å². The first-order valence-corrected chi connectivity index (χ1v) is 4.57. The van der Waals surface area contributed by atoms with Gasteiger partial charge in [0.2, 0.25) is 5.88 Å². The molecule has 0 aromatic carbocycles. The molecule has 16 heavy (non-hydrogen) atoms. The van der Waals surface area contributed by atoms with Gasteiger partial charge in [-0.05, 0) is 15.9 Å². The van der Waals surface area contributed by atoms with Crippen molar-refractivity contribution in [3.63, 3.8) is 0 Å². The van der Waals surface area contributed by atoms with Crippen LogP contribution >= 0.6 is 15.9 Å². The molecule has 0 bridgehead atoms. The van der Waals surface area contributed by atoms with Crippen LogP contribution in [0.1, 0.15) is 5.56 Å². The van der Waals surface area contributed by atoms with Gasteiger partial charge in [0.1, 0.15) is 10.7 Å². The molecule has 0 fully saturated rings. The lowest BCUT2D eigenvalue weighted by Gasteiger charge is -2.11. The summed E-state index contributed by atoms with van der Waals surface area (Å²) in [5.74, 6) is -0.898. The van der Waals surface area contributed by atoms with Gasteiger partial charge in [-0.25, -0.2) is 4.98 Å². The number of ether oxygens (including phenoxy) is 2. The third-order valence-electron chi connectivity index (χ3n) is 1.45. The maximum Gasteiger partial charge on any atom is 0.573 e. The number of hydrogen-bond acceptors (Lipinski definition) is 4. The fraction of sp³-hybridized carbons (Fsp3) is 0.250. The Morgan fingerprint density at radius 1 is 1.50 bits per heavy atom. The Morgan fingerprint density at radius 3 is 2.56 bits per heavy atom. The maximum absolute atomic E-state index is 12.0. The highest BCUT2D eigenvalue weighted by Crippen LogP contribution is 2.32. The second kappa shape index (κ2) is 4.57. The van der Waals surface area contributed by atoms with Crippen LogP contribution in [0, 0.1) is 11.3 Å². The molecule has 1 rings (SSSR count). The molecule has 86 valence electrons. The average Bonchev–Trinajstić information content (AvgIpc) is 2.14. The summed E-state index contributed by atoms with van der Waals surface area (Å²) in [5, 5.41) is 8.69. The van der Waals surface area contributed by atoms with E-state index in [0.29, 0.717) is 0 Å². The number of nitrogens with zero attached hydrogens (tertiary/aromatic N) is 2. The van der Waals surface area contributed by atoms with Gasteiger partial charge in [0, 0.05) is 6.07 Å². The molecule has 1 aromatic heterocycles. The van der Waals surface area contributed by atoms with E-state index in [-0.39, 0.29) is 10.5 Å². The van der Waals surface area contributed by atoms with Gasteiger partial charge < -0.3 is 9.47 Å². The van der Waals surface area contributed by atoms with Gasteiger partial charge in [0.05, 0.1) is 7.11 Å². The lowest BCUT2D eigenvalue weighted by atomic mass is 10.2. The van der Waals surface area contributed by atoms with Gasteiger partial charge in [-0.15, -0.1) is 13.2 Å². The lowest BCUT2D eigenvalue weighted by molar-refractivity contribution is -0.274. The first-order chi connectivity index (χ1) is 7.37. The van der Waals surface area contributed by atoms with E-state index in [1.165, 1.54) is 13.2 Å². The van der Waals surface area contributed by atoms with Crippen molar-refractivity contribution in [2.75, 3.05) is 7.11 Å². The van der Waals surface area contributed by atoms with E-state index in [4.69, 9.17) is 5.26 Å². The second-order valence-corrected chi connectivity index (χ2v) is 3.30. The highest BCUT2D eigenvalue weighted by Gasteiger charge is 2.33. The zero-order valence-electron chi connectivity index (χ0n) is 7.80. The number of halogens is 4. The summed E-state index contributed by atoms with van der Waals surface area (Å²) in [4.78, 5) is 3.68. The number of pyridine rings is 1. The van der Waals surface area contributed by atoms with Crippen molar-refractivity contribution in [3.05, 3.63) is 16.2 Å². The predicted octanol–water partition coefficient (Wildman–Crippen LogP) is 2.62. The Morgan fingerprint density at radius 2 is 2.12 bits per heavy atom. The number of alkyl halides is 3. The summed E-state index contributed by atoms with van der Waals surface area (Å²) in [6, 6.07) is 2.47. The predicted molar refractivity (Wildman–Crippen MR) is 49.9 cm³/mol. The molecule has 1 heterocycles. The summed E-state index contributed by atoms with van der Waals surface area (Å²) in [6.45, 7) is 0. The second-order valence-electron chi connectivity index (χ2n) is 2.49. The van der Waals surface area contributed by atoms with E-state index < -0.39 is 17.7 Å². The molecule has 0 aliphatic heterocycles. The Bertz CT molecular complexity index is 442. The Balaban J connectivity index is 3.27. The van der Waals surface area contributed by atoms with Crippen LogP contribution in [0.4, 0.5) is 13.2 Å². The summed E-state index contributed by atoms with van der Waals surface area (Å²) < 4.78 is 44.5. The minimum Gasteiger partial charge on any atom is -0.480 e. The Hall–Kier alpha value is -1.49. The molecular weight excluding hydrogens is 293 g/mol. The van der Waals surface area contributed by atoms with Crippen LogP contribution in [-0.2, 0) is 0 Å². The van der Waals surface area contributed by atoms with Crippen LogP contribution in [0.5, 0.6) is 11.6 Å². The van der Waals surface area contributed by atoms with Crippen molar-refractivity contribution in [3.8, 4) is 17.7 Å². The van der Waals surface area contributed by atoms with E-state index in [0.717, 1.165) is 6.07 Å². The van der Waals surface area contributed by atoms with Crippen molar-refractivity contribution >= 4 is 15.9 Å². The van der Waals surface area contributed by atoms with E-state index in [9.17, 15) is 13.2 Å².